The van der Waals surface area contributed by atoms with Crippen LogP contribution >= 0.6 is 0 Å². The van der Waals surface area contributed by atoms with Crippen LogP contribution in [0.1, 0.15) is 28.4 Å². The standard InChI is InChI=1S/C26H27N3O4/c1-17-11-20-10-9-18(12-24(20)29(17)25(30)19-7-5-4-6-8-19)16-27-26(31)28-21-13-22(32-2)15-23(14-21)33-3/h4-10,12-15,17H,11,16H2,1-3H3,(H2,27,28,31)/t17-/m1/s1. The quantitative estimate of drug-likeness (QED) is 0.580. The normalized spacial score (nSPS) is 14.4. The molecule has 1 aliphatic heterocycles. The van der Waals surface area contributed by atoms with E-state index in [-0.39, 0.29) is 18.0 Å². The first kappa shape index (κ1) is 22.2. The van der Waals surface area contributed by atoms with Crippen molar-refractivity contribution in [1.82, 2.24) is 5.32 Å². The van der Waals surface area contributed by atoms with E-state index in [0.29, 0.717) is 29.3 Å². The van der Waals surface area contributed by atoms with E-state index in [2.05, 4.69) is 17.6 Å². The maximum absolute atomic E-state index is 13.1. The fraction of sp³-hybridized carbons (Fsp3) is 0.231. The number of methoxy groups -OCH3 is 2. The molecule has 1 heterocycles. The van der Waals surface area contributed by atoms with Gasteiger partial charge in [-0.3, -0.25) is 4.79 Å². The summed E-state index contributed by atoms with van der Waals surface area (Å²) in [5.74, 6) is 1.15. The number of benzene rings is 3. The third kappa shape index (κ3) is 4.92. The zero-order valence-corrected chi connectivity index (χ0v) is 18.9. The van der Waals surface area contributed by atoms with Gasteiger partial charge in [-0.2, -0.15) is 0 Å². The van der Waals surface area contributed by atoms with Crippen molar-refractivity contribution in [2.75, 3.05) is 24.4 Å². The third-order valence-corrected chi connectivity index (χ3v) is 5.67. The topological polar surface area (TPSA) is 79.9 Å². The van der Waals surface area contributed by atoms with Gasteiger partial charge in [0.15, 0.2) is 0 Å². The van der Waals surface area contributed by atoms with Crippen LogP contribution in [-0.2, 0) is 13.0 Å². The molecular weight excluding hydrogens is 418 g/mol. The molecule has 0 spiro atoms. The molecule has 0 unspecified atom stereocenters. The number of carbonyl (C=O) groups excluding carboxylic acids is 2. The molecule has 2 N–H and O–H groups in total. The number of hydrogen-bond donors (Lipinski definition) is 2. The van der Waals surface area contributed by atoms with Gasteiger partial charge in [-0.25, -0.2) is 4.79 Å². The van der Waals surface area contributed by atoms with Gasteiger partial charge in [-0.1, -0.05) is 30.3 Å². The van der Waals surface area contributed by atoms with Crippen molar-refractivity contribution in [1.29, 1.82) is 0 Å². The van der Waals surface area contributed by atoms with Gasteiger partial charge in [0.25, 0.3) is 5.91 Å². The van der Waals surface area contributed by atoms with E-state index in [0.717, 1.165) is 23.2 Å². The van der Waals surface area contributed by atoms with Crippen LogP contribution in [0.15, 0.2) is 66.7 Å². The number of nitrogens with one attached hydrogen (secondary N) is 2. The van der Waals surface area contributed by atoms with Crippen LogP contribution in [0.25, 0.3) is 0 Å². The van der Waals surface area contributed by atoms with Crippen molar-refractivity contribution in [3.8, 4) is 11.5 Å². The minimum Gasteiger partial charge on any atom is -0.497 e. The summed E-state index contributed by atoms with van der Waals surface area (Å²) < 4.78 is 10.5. The SMILES string of the molecule is COc1cc(NC(=O)NCc2ccc3c(c2)N(C(=O)c2ccccc2)[C@H](C)C3)cc(OC)c1. The Morgan fingerprint density at radius 1 is 0.970 bits per heavy atom. The maximum Gasteiger partial charge on any atom is 0.319 e. The van der Waals surface area contributed by atoms with Crippen LogP contribution in [-0.4, -0.2) is 32.2 Å². The maximum atomic E-state index is 13.1. The van der Waals surface area contributed by atoms with Crippen LogP contribution in [0.2, 0.25) is 0 Å². The first-order chi connectivity index (χ1) is 16.0. The van der Waals surface area contributed by atoms with Crippen molar-refractivity contribution in [2.24, 2.45) is 0 Å². The Kier molecular flexibility index (Phi) is 6.49. The van der Waals surface area contributed by atoms with E-state index in [4.69, 9.17) is 9.47 Å². The molecule has 1 atom stereocenters. The van der Waals surface area contributed by atoms with E-state index in [9.17, 15) is 9.59 Å². The summed E-state index contributed by atoms with van der Waals surface area (Å²) in [5, 5.41) is 5.66. The highest BCUT2D eigenvalue weighted by molar-refractivity contribution is 6.07. The van der Waals surface area contributed by atoms with Crippen LogP contribution in [0.5, 0.6) is 11.5 Å². The second-order valence-corrected chi connectivity index (χ2v) is 7.97. The smallest absolute Gasteiger partial charge is 0.319 e. The molecule has 0 bridgehead atoms. The molecule has 0 saturated carbocycles. The van der Waals surface area contributed by atoms with Crippen molar-refractivity contribution in [3.05, 3.63) is 83.4 Å². The number of rotatable bonds is 6. The molecule has 0 radical (unpaired) electrons. The van der Waals surface area contributed by atoms with E-state index in [1.54, 1.807) is 32.4 Å². The van der Waals surface area contributed by atoms with Gasteiger partial charge in [0.2, 0.25) is 0 Å². The van der Waals surface area contributed by atoms with Crippen molar-refractivity contribution >= 4 is 23.3 Å². The molecule has 0 saturated heterocycles. The van der Waals surface area contributed by atoms with E-state index < -0.39 is 0 Å². The molecular formula is C26H27N3O4. The van der Waals surface area contributed by atoms with E-state index in [1.165, 1.54) is 0 Å². The summed E-state index contributed by atoms with van der Waals surface area (Å²) in [5.41, 5.74) is 4.16. The Bertz CT molecular complexity index is 1140. The number of fused-ring (bicyclic) bond motifs is 1. The van der Waals surface area contributed by atoms with E-state index >= 15 is 0 Å². The van der Waals surface area contributed by atoms with E-state index in [1.807, 2.05) is 53.4 Å². The molecule has 170 valence electrons. The molecule has 33 heavy (non-hydrogen) atoms. The lowest BCUT2D eigenvalue weighted by molar-refractivity contribution is 0.0981. The monoisotopic (exact) mass is 445 g/mol. The molecule has 0 aliphatic carbocycles. The summed E-state index contributed by atoms with van der Waals surface area (Å²) in [6.07, 6.45) is 0.805. The highest BCUT2D eigenvalue weighted by Gasteiger charge is 2.31. The highest BCUT2D eigenvalue weighted by atomic mass is 16.5. The molecule has 3 aromatic carbocycles. The number of ether oxygens (including phenoxy) is 2. The summed E-state index contributed by atoms with van der Waals surface area (Å²) in [6, 6.07) is 20.2. The Hall–Kier alpha value is -4.00. The summed E-state index contributed by atoms with van der Waals surface area (Å²) in [4.78, 5) is 27.4. The number of nitrogens with zero attached hydrogens (tertiary/aromatic N) is 1. The lowest BCUT2D eigenvalue weighted by Crippen LogP contribution is -2.35. The van der Waals surface area contributed by atoms with Crippen LogP contribution in [0, 0.1) is 0 Å². The Morgan fingerprint density at radius 2 is 1.67 bits per heavy atom. The minimum atomic E-state index is -0.351. The molecule has 7 heteroatoms. The van der Waals surface area contributed by atoms with Gasteiger partial charge in [-0.05, 0) is 42.7 Å². The Balaban J connectivity index is 1.45. The molecule has 4 rings (SSSR count). The second kappa shape index (κ2) is 9.65. The zero-order chi connectivity index (χ0) is 23.4. The van der Waals surface area contributed by atoms with Crippen LogP contribution < -0.4 is 25.0 Å². The number of urea groups is 1. The highest BCUT2D eigenvalue weighted by Crippen LogP contribution is 2.34. The van der Waals surface area contributed by atoms with Crippen LogP contribution in [0.4, 0.5) is 16.2 Å². The Morgan fingerprint density at radius 3 is 2.33 bits per heavy atom. The lowest BCUT2D eigenvalue weighted by Gasteiger charge is -2.23. The second-order valence-electron chi connectivity index (χ2n) is 7.97. The van der Waals surface area contributed by atoms with Gasteiger partial charge in [0, 0.05) is 47.7 Å². The number of anilines is 2. The fourth-order valence-electron chi connectivity index (χ4n) is 4.03. The van der Waals surface area contributed by atoms with Gasteiger partial charge in [0.05, 0.1) is 14.2 Å². The van der Waals surface area contributed by atoms with Crippen molar-refractivity contribution < 1.29 is 19.1 Å². The molecule has 0 aromatic heterocycles. The summed E-state index contributed by atoms with van der Waals surface area (Å²) in [6.45, 7) is 2.37. The first-order valence-corrected chi connectivity index (χ1v) is 10.8. The Labute approximate surface area is 193 Å². The summed E-state index contributed by atoms with van der Waals surface area (Å²) >= 11 is 0. The third-order valence-electron chi connectivity index (χ3n) is 5.67. The molecule has 3 amide bonds. The van der Waals surface area contributed by atoms with Gasteiger partial charge < -0.3 is 25.0 Å². The minimum absolute atomic E-state index is 0.0170. The molecule has 7 nitrogen and oxygen atoms in total. The predicted octanol–water partition coefficient (Wildman–Crippen LogP) is 4.62. The predicted molar refractivity (Wildman–Crippen MR) is 128 cm³/mol. The average molecular weight is 446 g/mol. The molecule has 1 aliphatic rings. The first-order valence-electron chi connectivity index (χ1n) is 10.8. The molecule has 0 fully saturated rings. The lowest BCUT2D eigenvalue weighted by atomic mass is 10.1. The van der Waals surface area contributed by atoms with Crippen molar-refractivity contribution in [2.45, 2.75) is 25.9 Å². The number of carbonyl (C=O) groups is 2. The van der Waals surface area contributed by atoms with Gasteiger partial charge >= 0.3 is 6.03 Å². The fourth-order valence-corrected chi connectivity index (χ4v) is 4.03. The average Bonchev–Trinajstić information content (AvgIpc) is 3.17. The molecule has 3 aromatic rings. The van der Waals surface area contributed by atoms with Gasteiger partial charge in [-0.15, -0.1) is 0 Å². The summed E-state index contributed by atoms with van der Waals surface area (Å²) in [7, 11) is 3.11. The van der Waals surface area contributed by atoms with Crippen LogP contribution in [0.3, 0.4) is 0 Å². The number of hydrogen-bond acceptors (Lipinski definition) is 4. The number of amides is 3. The largest absolute Gasteiger partial charge is 0.497 e. The zero-order valence-electron chi connectivity index (χ0n) is 18.9. The van der Waals surface area contributed by atoms with Crippen molar-refractivity contribution in [3.63, 3.8) is 0 Å². The van der Waals surface area contributed by atoms with Gasteiger partial charge in [0.1, 0.15) is 11.5 Å².